The molecule has 0 saturated carbocycles. The van der Waals surface area contributed by atoms with E-state index in [0.29, 0.717) is 5.69 Å². The van der Waals surface area contributed by atoms with Gasteiger partial charge in [0.05, 0.1) is 5.69 Å². The van der Waals surface area contributed by atoms with Crippen molar-refractivity contribution in [1.82, 2.24) is 0 Å². The highest BCUT2D eigenvalue weighted by Crippen LogP contribution is 2.15. The molecule has 0 bridgehead atoms. The number of aliphatic imine (C=N–C) groups is 1. The highest BCUT2D eigenvalue weighted by Gasteiger charge is 1.94. The number of nitrogens with zero attached hydrogens (tertiary/aromatic N) is 1. The van der Waals surface area contributed by atoms with Crippen LogP contribution in [0.15, 0.2) is 29.3 Å². The lowest BCUT2D eigenvalue weighted by atomic mass is 10.1. The van der Waals surface area contributed by atoms with Gasteiger partial charge in [0.1, 0.15) is 0 Å². The minimum Gasteiger partial charge on any atom is -0.211 e. The first-order valence-corrected chi connectivity index (χ1v) is 5.03. The van der Waals surface area contributed by atoms with Crippen LogP contribution >= 0.6 is 0 Å². The Kier molecular flexibility index (Phi) is 4.66. The number of isocyanates is 1. The van der Waals surface area contributed by atoms with E-state index in [-0.39, 0.29) is 0 Å². The molecule has 0 saturated heterocycles. The SMILES string of the molecule is CCCCCc1cccc(N=C=O)c1. The first-order valence-electron chi connectivity index (χ1n) is 5.03. The maximum absolute atomic E-state index is 10.1. The van der Waals surface area contributed by atoms with Crippen molar-refractivity contribution in [2.45, 2.75) is 32.6 Å². The smallest absolute Gasteiger partial charge is 0.211 e. The first-order chi connectivity index (χ1) is 6.86. The molecule has 0 amide bonds. The van der Waals surface area contributed by atoms with E-state index in [4.69, 9.17) is 0 Å². The van der Waals surface area contributed by atoms with Gasteiger partial charge in [-0.1, -0.05) is 31.9 Å². The topological polar surface area (TPSA) is 29.4 Å². The minimum absolute atomic E-state index is 0.703. The summed E-state index contributed by atoms with van der Waals surface area (Å²) in [6, 6.07) is 7.76. The summed E-state index contributed by atoms with van der Waals surface area (Å²) < 4.78 is 0. The van der Waals surface area contributed by atoms with Crippen molar-refractivity contribution >= 4 is 11.8 Å². The average molecular weight is 189 g/mol. The van der Waals surface area contributed by atoms with Gasteiger partial charge in [-0.3, -0.25) is 0 Å². The Morgan fingerprint density at radius 1 is 1.36 bits per heavy atom. The molecule has 0 N–H and O–H groups in total. The number of benzene rings is 1. The van der Waals surface area contributed by atoms with Crippen LogP contribution in [0.4, 0.5) is 5.69 Å². The third-order valence-corrected chi connectivity index (χ3v) is 2.15. The molecule has 0 fully saturated rings. The standard InChI is InChI=1S/C12H15NO/c1-2-3-4-6-11-7-5-8-12(9-11)13-10-14/h5,7-9H,2-4,6H2,1H3. The zero-order valence-electron chi connectivity index (χ0n) is 8.49. The van der Waals surface area contributed by atoms with E-state index >= 15 is 0 Å². The van der Waals surface area contributed by atoms with E-state index in [1.165, 1.54) is 24.8 Å². The molecule has 0 spiro atoms. The summed E-state index contributed by atoms with van der Waals surface area (Å²) in [5.41, 5.74) is 1.95. The van der Waals surface area contributed by atoms with Crippen molar-refractivity contribution in [2.24, 2.45) is 4.99 Å². The summed E-state index contributed by atoms with van der Waals surface area (Å²) in [5, 5.41) is 0. The largest absolute Gasteiger partial charge is 0.240 e. The fourth-order valence-corrected chi connectivity index (χ4v) is 1.41. The molecule has 0 aliphatic heterocycles. The van der Waals surface area contributed by atoms with Gasteiger partial charge < -0.3 is 0 Å². The van der Waals surface area contributed by atoms with Gasteiger partial charge in [-0.05, 0) is 30.5 Å². The second kappa shape index (κ2) is 6.11. The molecule has 0 heterocycles. The van der Waals surface area contributed by atoms with Crippen LogP contribution in [-0.4, -0.2) is 6.08 Å². The van der Waals surface area contributed by atoms with Crippen LogP contribution in [-0.2, 0) is 11.2 Å². The lowest BCUT2D eigenvalue weighted by Crippen LogP contribution is -1.84. The first kappa shape index (κ1) is 10.7. The van der Waals surface area contributed by atoms with Crippen LogP contribution in [0, 0.1) is 0 Å². The Bertz CT molecular complexity index is 327. The van der Waals surface area contributed by atoms with Gasteiger partial charge in [0.15, 0.2) is 0 Å². The third-order valence-electron chi connectivity index (χ3n) is 2.15. The molecule has 1 rings (SSSR count). The molecule has 2 nitrogen and oxygen atoms in total. The normalized spacial score (nSPS) is 9.50. The van der Waals surface area contributed by atoms with Crippen molar-refractivity contribution in [2.75, 3.05) is 0 Å². The van der Waals surface area contributed by atoms with Crippen molar-refractivity contribution in [1.29, 1.82) is 0 Å². The van der Waals surface area contributed by atoms with Gasteiger partial charge in [-0.15, -0.1) is 0 Å². The van der Waals surface area contributed by atoms with Gasteiger partial charge in [-0.25, -0.2) is 4.79 Å². The number of hydrogen-bond acceptors (Lipinski definition) is 2. The highest BCUT2D eigenvalue weighted by molar-refractivity contribution is 5.49. The van der Waals surface area contributed by atoms with Crippen LogP contribution < -0.4 is 0 Å². The zero-order chi connectivity index (χ0) is 10.2. The molecule has 0 aromatic heterocycles. The molecule has 0 unspecified atom stereocenters. The van der Waals surface area contributed by atoms with Crippen LogP contribution in [0.2, 0.25) is 0 Å². The van der Waals surface area contributed by atoms with E-state index < -0.39 is 0 Å². The lowest BCUT2D eigenvalue weighted by molar-refractivity contribution is 0.565. The van der Waals surface area contributed by atoms with Crippen molar-refractivity contribution in [3.05, 3.63) is 29.8 Å². The number of rotatable bonds is 5. The summed E-state index contributed by atoms with van der Waals surface area (Å²) in [6.07, 6.45) is 6.30. The fraction of sp³-hybridized carbons (Fsp3) is 0.417. The summed E-state index contributed by atoms with van der Waals surface area (Å²) in [5.74, 6) is 0. The monoisotopic (exact) mass is 189 g/mol. The van der Waals surface area contributed by atoms with Gasteiger partial charge in [-0.2, -0.15) is 4.99 Å². The molecule has 0 aliphatic rings. The van der Waals surface area contributed by atoms with E-state index in [2.05, 4.69) is 18.0 Å². The van der Waals surface area contributed by atoms with Crippen LogP contribution in [0.25, 0.3) is 0 Å². The van der Waals surface area contributed by atoms with Crippen molar-refractivity contribution in [3.63, 3.8) is 0 Å². The zero-order valence-corrected chi connectivity index (χ0v) is 8.49. The number of carbonyl (C=O) groups excluding carboxylic acids is 1. The van der Waals surface area contributed by atoms with Gasteiger partial charge in [0.25, 0.3) is 0 Å². The minimum atomic E-state index is 0.703. The average Bonchev–Trinajstić information content (AvgIpc) is 2.19. The van der Waals surface area contributed by atoms with E-state index in [9.17, 15) is 4.79 Å². The van der Waals surface area contributed by atoms with Gasteiger partial charge >= 0.3 is 0 Å². The quantitative estimate of drug-likeness (QED) is 0.396. The second-order valence-corrected chi connectivity index (χ2v) is 3.33. The Morgan fingerprint density at radius 2 is 2.21 bits per heavy atom. The Hall–Kier alpha value is -1.40. The fourth-order valence-electron chi connectivity index (χ4n) is 1.41. The molecule has 74 valence electrons. The number of unbranched alkanes of at least 4 members (excludes halogenated alkanes) is 2. The molecule has 0 atom stereocenters. The molecule has 14 heavy (non-hydrogen) atoms. The molecular weight excluding hydrogens is 174 g/mol. The van der Waals surface area contributed by atoms with Crippen LogP contribution in [0.3, 0.4) is 0 Å². The second-order valence-electron chi connectivity index (χ2n) is 3.33. The van der Waals surface area contributed by atoms with Gasteiger partial charge in [0.2, 0.25) is 6.08 Å². The summed E-state index contributed by atoms with van der Waals surface area (Å²) >= 11 is 0. The maximum atomic E-state index is 10.1. The van der Waals surface area contributed by atoms with Crippen molar-refractivity contribution < 1.29 is 4.79 Å². The molecular formula is C12H15NO. The van der Waals surface area contributed by atoms with E-state index in [1.54, 1.807) is 6.08 Å². The predicted molar refractivity (Wildman–Crippen MR) is 57.5 cm³/mol. The van der Waals surface area contributed by atoms with E-state index in [0.717, 1.165) is 6.42 Å². The molecule has 0 radical (unpaired) electrons. The number of aryl methyl sites for hydroxylation is 1. The summed E-state index contributed by atoms with van der Waals surface area (Å²) in [4.78, 5) is 13.6. The summed E-state index contributed by atoms with van der Waals surface area (Å²) in [6.45, 7) is 2.19. The van der Waals surface area contributed by atoms with E-state index in [1.807, 2.05) is 18.2 Å². The molecule has 1 aromatic rings. The third kappa shape index (κ3) is 3.55. The predicted octanol–water partition coefficient (Wildman–Crippen LogP) is 3.39. The molecule has 2 heteroatoms. The number of hydrogen-bond donors (Lipinski definition) is 0. The maximum Gasteiger partial charge on any atom is 0.240 e. The lowest BCUT2D eigenvalue weighted by Gasteiger charge is -2.00. The van der Waals surface area contributed by atoms with Crippen molar-refractivity contribution in [3.8, 4) is 0 Å². The summed E-state index contributed by atoms with van der Waals surface area (Å²) in [7, 11) is 0. The molecule has 0 aliphatic carbocycles. The Balaban J connectivity index is 2.59. The van der Waals surface area contributed by atoms with Gasteiger partial charge in [0, 0.05) is 0 Å². The van der Waals surface area contributed by atoms with Crippen LogP contribution in [0.1, 0.15) is 31.7 Å². The van der Waals surface area contributed by atoms with Crippen LogP contribution in [0.5, 0.6) is 0 Å². The molecule has 1 aromatic carbocycles. The highest BCUT2D eigenvalue weighted by atomic mass is 16.1. The Morgan fingerprint density at radius 3 is 2.93 bits per heavy atom. The Labute approximate surface area is 84.7 Å².